The highest BCUT2D eigenvalue weighted by atomic mass is 19.2. The van der Waals surface area contributed by atoms with E-state index in [-0.39, 0.29) is 17.6 Å². The normalized spacial score (nSPS) is 14.4. The highest BCUT2D eigenvalue weighted by Gasteiger charge is 2.27. The Morgan fingerprint density at radius 1 is 1.09 bits per heavy atom. The Morgan fingerprint density at radius 3 is 2.68 bits per heavy atom. The lowest BCUT2D eigenvalue weighted by atomic mass is 9.95. The highest BCUT2D eigenvalue weighted by Crippen LogP contribution is 2.30. The molecule has 34 heavy (non-hydrogen) atoms. The molecule has 1 aliphatic rings. The van der Waals surface area contributed by atoms with Crippen molar-refractivity contribution in [3.8, 4) is 11.5 Å². The molecule has 2 aromatic carbocycles. The highest BCUT2D eigenvalue weighted by molar-refractivity contribution is 5.93. The molecule has 9 heteroatoms. The van der Waals surface area contributed by atoms with Gasteiger partial charge in [-0.3, -0.25) is 4.79 Å². The molecule has 0 spiro atoms. The summed E-state index contributed by atoms with van der Waals surface area (Å²) in [6.07, 6.45) is 4.88. The van der Waals surface area contributed by atoms with Gasteiger partial charge in [-0.2, -0.15) is 0 Å². The minimum atomic E-state index is -0.984. The van der Waals surface area contributed by atoms with Crippen molar-refractivity contribution in [2.24, 2.45) is 5.92 Å². The maximum Gasteiger partial charge on any atom is 0.227 e. The Morgan fingerprint density at radius 2 is 1.88 bits per heavy atom. The number of carbonyl (C=O) groups is 1. The van der Waals surface area contributed by atoms with Crippen LogP contribution in [0.25, 0.3) is 11.0 Å². The molecule has 7 nitrogen and oxygen atoms in total. The number of fused-ring (bicyclic) bond motifs is 1. The van der Waals surface area contributed by atoms with Crippen molar-refractivity contribution in [2.75, 3.05) is 23.3 Å². The summed E-state index contributed by atoms with van der Waals surface area (Å²) in [5.41, 5.74) is 2.48. The minimum absolute atomic E-state index is 0.0599. The number of nitrogens with one attached hydrogen (secondary N) is 2. The summed E-state index contributed by atoms with van der Waals surface area (Å²) in [6, 6.07) is 10.2. The van der Waals surface area contributed by atoms with Crippen molar-refractivity contribution in [1.29, 1.82) is 0 Å². The second-order valence-corrected chi connectivity index (χ2v) is 8.35. The summed E-state index contributed by atoms with van der Waals surface area (Å²) < 4.78 is 32.2. The van der Waals surface area contributed by atoms with Crippen molar-refractivity contribution in [2.45, 2.75) is 19.8 Å². The first-order valence-electron chi connectivity index (χ1n) is 11.1. The first kappa shape index (κ1) is 21.8. The maximum atomic E-state index is 13.4. The zero-order valence-corrected chi connectivity index (χ0v) is 18.5. The molecule has 4 aromatic rings. The average molecular weight is 463 g/mol. The Labute approximate surface area is 194 Å². The molecular weight excluding hydrogens is 440 g/mol. The molecule has 0 aliphatic carbocycles. The standard InChI is InChI=1S/C25H23F2N5O2/c1-15-13-28-23-22(15)24(30-14-29-23)32-9-7-16(8-10-32)25(33)31-17-3-2-4-18(11-17)34-19-5-6-20(26)21(27)12-19/h2-6,11-14,16H,7-10H2,1H3,(H,31,33)(H,28,29,30). The van der Waals surface area contributed by atoms with Crippen molar-refractivity contribution >= 4 is 28.4 Å². The molecule has 2 aromatic heterocycles. The van der Waals surface area contributed by atoms with E-state index in [1.165, 1.54) is 6.07 Å². The number of H-pyrrole nitrogens is 1. The van der Waals surface area contributed by atoms with E-state index < -0.39 is 11.6 Å². The van der Waals surface area contributed by atoms with Crippen LogP contribution in [0.3, 0.4) is 0 Å². The number of rotatable bonds is 5. The van der Waals surface area contributed by atoms with Gasteiger partial charge in [0.2, 0.25) is 5.91 Å². The number of hydrogen-bond acceptors (Lipinski definition) is 5. The topological polar surface area (TPSA) is 83.1 Å². The molecule has 0 bridgehead atoms. The lowest BCUT2D eigenvalue weighted by molar-refractivity contribution is -0.120. The number of benzene rings is 2. The monoisotopic (exact) mass is 463 g/mol. The summed E-state index contributed by atoms with van der Waals surface area (Å²) >= 11 is 0. The Bertz CT molecular complexity index is 1350. The number of aromatic amines is 1. The fourth-order valence-corrected chi connectivity index (χ4v) is 4.25. The largest absolute Gasteiger partial charge is 0.457 e. The third-order valence-electron chi connectivity index (χ3n) is 6.04. The maximum absolute atomic E-state index is 13.4. The summed E-state index contributed by atoms with van der Waals surface area (Å²) in [4.78, 5) is 27.0. The molecular formula is C25H23F2N5O2. The number of carbonyl (C=O) groups excluding carboxylic acids is 1. The number of ether oxygens (including phenoxy) is 1. The average Bonchev–Trinajstić information content (AvgIpc) is 3.23. The smallest absolute Gasteiger partial charge is 0.227 e. The van der Waals surface area contributed by atoms with Crippen LogP contribution in [0.5, 0.6) is 11.5 Å². The number of hydrogen-bond donors (Lipinski definition) is 2. The number of nitrogens with zero attached hydrogens (tertiary/aromatic N) is 3. The van der Waals surface area contributed by atoms with E-state index in [0.717, 1.165) is 34.5 Å². The molecule has 1 aliphatic heterocycles. The molecule has 0 saturated carbocycles. The molecule has 3 heterocycles. The molecule has 1 amide bonds. The van der Waals surface area contributed by atoms with Gasteiger partial charge in [-0.1, -0.05) is 6.07 Å². The molecule has 1 fully saturated rings. The number of aryl methyl sites for hydroxylation is 1. The van der Waals surface area contributed by atoms with Gasteiger partial charge < -0.3 is 19.9 Å². The van der Waals surface area contributed by atoms with Crippen LogP contribution in [0.4, 0.5) is 20.3 Å². The Hall–Kier alpha value is -4.01. The molecule has 1 saturated heterocycles. The third-order valence-corrected chi connectivity index (χ3v) is 6.04. The predicted octanol–water partition coefficient (Wildman–Crippen LogP) is 5.19. The van der Waals surface area contributed by atoms with Crippen molar-refractivity contribution in [3.05, 3.63) is 72.2 Å². The van der Waals surface area contributed by atoms with Crippen molar-refractivity contribution in [3.63, 3.8) is 0 Å². The van der Waals surface area contributed by atoms with Gasteiger partial charge in [-0.15, -0.1) is 0 Å². The molecule has 0 unspecified atom stereocenters. The zero-order valence-electron chi connectivity index (χ0n) is 18.5. The summed E-state index contributed by atoms with van der Waals surface area (Å²) in [6.45, 7) is 3.46. The Kier molecular flexibility index (Phi) is 5.83. The van der Waals surface area contributed by atoms with E-state index in [1.807, 2.05) is 13.1 Å². The summed E-state index contributed by atoms with van der Waals surface area (Å²) in [7, 11) is 0. The van der Waals surface area contributed by atoms with Gasteiger partial charge in [0.15, 0.2) is 11.6 Å². The van der Waals surface area contributed by atoms with E-state index in [1.54, 1.807) is 30.6 Å². The van der Waals surface area contributed by atoms with Gasteiger partial charge in [0.1, 0.15) is 29.3 Å². The van der Waals surface area contributed by atoms with Gasteiger partial charge >= 0.3 is 0 Å². The van der Waals surface area contributed by atoms with Crippen LogP contribution in [0.15, 0.2) is 55.0 Å². The SMILES string of the molecule is Cc1c[nH]c2ncnc(N3CCC(C(=O)Nc4cccc(Oc5ccc(F)c(F)c5)c4)CC3)c12. The number of anilines is 2. The van der Waals surface area contributed by atoms with Gasteiger partial charge in [0.25, 0.3) is 0 Å². The fourth-order valence-electron chi connectivity index (χ4n) is 4.25. The molecule has 0 radical (unpaired) electrons. The first-order valence-corrected chi connectivity index (χ1v) is 11.1. The van der Waals surface area contributed by atoms with Gasteiger partial charge in [-0.25, -0.2) is 18.7 Å². The van der Waals surface area contributed by atoms with E-state index in [0.29, 0.717) is 37.4 Å². The van der Waals surface area contributed by atoms with Crippen LogP contribution in [0, 0.1) is 24.5 Å². The molecule has 174 valence electrons. The number of halogens is 2. The van der Waals surface area contributed by atoms with E-state index in [4.69, 9.17) is 4.74 Å². The number of amides is 1. The number of aromatic nitrogens is 3. The van der Waals surface area contributed by atoms with Crippen LogP contribution in [-0.2, 0) is 4.79 Å². The predicted molar refractivity (Wildman–Crippen MR) is 125 cm³/mol. The van der Waals surface area contributed by atoms with Crippen LogP contribution < -0.4 is 15.0 Å². The van der Waals surface area contributed by atoms with Gasteiger partial charge in [-0.05, 0) is 49.6 Å². The first-order chi connectivity index (χ1) is 16.5. The van der Waals surface area contributed by atoms with Crippen LogP contribution in [0.1, 0.15) is 18.4 Å². The molecule has 0 atom stereocenters. The minimum Gasteiger partial charge on any atom is -0.457 e. The number of piperidine rings is 1. The zero-order chi connectivity index (χ0) is 23.7. The van der Waals surface area contributed by atoms with Crippen LogP contribution >= 0.6 is 0 Å². The quantitative estimate of drug-likeness (QED) is 0.426. The van der Waals surface area contributed by atoms with E-state index in [9.17, 15) is 13.6 Å². The van der Waals surface area contributed by atoms with Crippen LogP contribution in [-0.4, -0.2) is 33.9 Å². The third kappa shape index (κ3) is 4.41. The Balaban J connectivity index is 1.21. The summed E-state index contributed by atoms with van der Waals surface area (Å²) in [5.74, 6) is -0.634. The lowest BCUT2D eigenvalue weighted by Gasteiger charge is -2.32. The summed E-state index contributed by atoms with van der Waals surface area (Å²) in [5, 5.41) is 3.96. The second kappa shape index (κ2) is 9.09. The van der Waals surface area contributed by atoms with Crippen molar-refractivity contribution < 1.29 is 18.3 Å². The molecule has 5 rings (SSSR count). The lowest BCUT2D eigenvalue weighted by Crippen LogP contribution is -2.38. The second-order valence-electron chi connectivity index (χ2n) is 8.35. The fraction of sp³-hybridized carbons (Fsp3) is 0.240. The molecule has 2 N–H and O–H groups in total. The van der Waals surface area contributed by atoms with Gasteiger partial charge in [0.05, 0.1) is 5.39 Å². The van der Waals surface area contributed by atoms with E-state index >= 15 is 0 Å². The van der Waals surface area contributed by atoms with E-state index in [2.05, 4.69) is 25.2 Å². The van der Waals surface area contributed by atoms with Crippen LogP contribution in [0.2, 0.25) is 0 Å². The van der Waals surface area contributed by atoms with Gasteiger partial charge in [0, 0.05) is 43.0 Å². The van der Waals surface area contributed by atoms with Crippen molar-refractivity contribution in [1.82, 2.24) is 15.0 Å².